The van der Waals surface area contributed by atoms with Crippen LogP contribution in [0, 0.1) is 12.1 Å². The molecule has 1 heterocycles. The normalized spacial score (nSPS) is 10.7. The van der Waals surface area contributed by atoms with Crippen LogP contribution in [-0.4, -0.2) is 4.98 Å². The van der Waals surface area contributed by atoms with Crippen molar-refractivity contribution in [1.29, 1.82) is 0 Å². The Balaban J connectivity index is 2.70. The van der Waals surface area contributed by atoms with E-state index in [1.54, 1.807) is 6.07 Å². The number of anilines is 1. The van der Waals surface area contributed by atoms with E-state index < -0.39 is 5.82 Å². The molecule has 2 nitrogen and oxygen atoms in total. The van der Waals surface area contributed by atoms with Gasteiger partial charge in [-0.05, 0) is 18.2 Å². The quantitative estimate of drug-likeness (QED) is 0.731. The summed E-state index contributed by atoms with van der Waals surface area (Å²) >= 11 is 1.37. The molecule has 1 aromatic heterocycles. The molecule has 4 heteroatoms. The number of rotatable bonds is 1. The second-order valence-electron chi connectivity index (χ2n) is 2.85. The molecule has 0 aliphatic carbocycles. The van der Waals surface area contributed by atoms with Gasteiger partial charge in [0.2, 0.25) is 0 Å². The van der Waals surface area contributed by atoms with Crippen LogP contribution in [0.5, 0.6) is 0 Å². The number of halogens is 1. The van der Waals surface area contributed by atoms with Crippen molar-refractivity contribution in [2.24, 2.45) is 0 Å². The molecule has 0 aliphatic heterocycles. The molecule has 0 atom stereocenters. The molecule has 0 saturated carbocycles. The summed E-state index contributed by atoms with van der Waals surface area (Å²) in [6, 6.07) is 6.90. The van der Waals surface area contributed by atoms with Crippen LogP contribution in [0.25, 0.3) is 10.9 Å². The minimum absolute atomic E-state index is 0.0660. The van der Waals surface area contributed by atoms with Gasteiger partial charge < -0.3 is 5.73 Å². The third-order valence-electron chi connectivity index (χ3n) is 1.94. The monoisotopic (exact) mass is 207 g/mol. The van der Waals surface area contributed by atoms with E-state index in [0.717, 1.165) is 10.3 Å². The minimum atomic E-state index is -0.479. The number of aromatic nitrogens is 1. The van der Waals surface area contributed by atoms with Crippen molar-refractivity contribution in [1.82, 2.24) is 4.98 Å². The van der Waals surface area contributed by atoms with Crippen molar-refractivity contribution in [3.63, 3.8) is 0 Å². The van der Waals surface area contributed by atoms with Gasteiger partial charge in [-0.25, -0.2) is 9.37 Å². The maximum Gasteiger partial charge on any atom is 0.165 e. The van der Waals surface area contributed by atoms with Crippen molar-refractivity contribution in [2.45, 2.75) is 4.90 Å². The van der Waals surface area contributed by atoms with Gasteiger partial charge in [0.05, 0.1) is 5.52 Å². The van der Waals surface area contributed by atoms with Crippen molar-refractivity contribution in [3.05, 3.63) is 36.3 Å². The second kappa shape index (κ2) is 3.46. The summed E-state index contributed by atoms with van der Waals surface area (Å²) < 4.78 is 13.0. The first kappa shape index (κ1) is 9.27. The van der Waals surface area contributed by atoms with Crippen LogP contribution in [0.15, 0.2) is 29.2 Å². The van der Waals surface area contributed by atoms with Crippen LogP contribution >= 0.6 is 11.8 Å². The third kappa shape index (κ3) is 1.53. The summed E-state index contributed by atoms with van der Waals surface area (Å²) in [5.41, 5.74) is 6.06. The number of fused-ring (bicyclic) bond motifs is 1. The maximum absolute atomic E-state index is 13.0. The summed E-state index contributed by atoms with van der Waals surface area (Å²) in [4.78, 5) is 4.93. The van der Waals surface area contributed by atoms with Gasteiger partial charge in [-0.15, -0.1) is 11.8 Å². The molecule has 0 bridgehead atoms. The molecule has 71 valence electrons. The number of nitrogens with two attached hydrogens (primary N) is 1. The fraction of sp³-hybridized carbons (Fsp3) is 0. The molecule has 14 heavy (non-hydrogen) atoms. The SMILES string of the molecule is [CH2]Sc1ccc2cc(F)c(N)nc2c1. The van der Waals surface area contributed by atoms with Gasteiger partial charge >= 0.3 is 0 Å². The van der Waals surface area contributed by atoms with Crippen molar-refractivity contribution in [2.75, 3.05) is 5.73 Å². The molecule has 0 fully saturated rings. The Hall–Kier alpha value is -1.29. The van der Waals surface area contributed by atoms with Gasteiger partial charge in [-0.2, -0.15) is 0 Å². The molecule has 0 spiro atoms. The van der Waals surface area contributed by atoms with Gasteiger partial charge in [0.1, 0.15) is 0 Å². The van der Waals surface area contributed by atoms with Gasteiger partial charge in [-0.1, -0.05) is 6.07 Å². The van der Waals surface area contributed by atoms with Gasteiger partial charge in [-0.3, -0.25) is 0 Å². The van der Waals surface area contributed by atoms with E-state index in [1.807, 2.05) is 12.1 Å². The number of pyridine rings is 1. The van der Waals surface area contributed by atoms with Crippen LogP contribution in [0.4, 0.5) is 10.2 Å². The molecule has 2 N–H and O–H groups in total. The second-order valence-corrected chi connectivity index (χ2v) is 3.61. The number of hydrogen-bond donors (Lipinski definition) is 1. The highest BCUT2D eigenvalue weighted by Crippen LogP contribution is 2.23. The zero-order valence-corrected chi connectivity index (χ0v) is 8.14. The van der Waals surface area contributed by atoms with Crippen molar-refractivity contribution < 1.29 is 4.39 Å². The highest BCUT2D eigenvalue weighted by molar-refractivity contribution is 8.00. The summed E-state index contributed by atoms with van der Waals surface area (Å²) in [5, 5.41) is 0.745. The summed E-state index contributed by atoms with van der Waals surface area (Å²) in [5.74, 6) is -0.545. The van der Waals surface area contributed by atoms with E-state index in [4.69, 9.17) is 5.73 Å². The first-order valence-electron chi connectivity index (χ1n) is 3.98. The zero-order valence-electron chi connectivity index (χ0n) is 7.33. The first-order chi connectivity index (χ1) is 6.70. The van der Waals surface area contributed by atoms with E-state index in [1.165, 1.54) is 17.8 Å². The maximum atomic E-state index is 13.0. The fourth-order valence-corrected chi connectivity index (χ4v) is 1.59. The van der Waals surface area contributed by atoms with E-state index in [2.05, 4.69) is 11.2 Å². The topological polar surface area (TPSA) is 38.9 Å². The lowest BCUT2D eigenvalue weighted by Crippen LogP contribution is -1.94. The van der Waals surface area contributed by atoms with Crippen LogP contribution in [-0.2, 0) is 0 Å². The number of nitrogen functional groups attached to an aromatic ring is 1. The Kier molecular flexibility index (Phi) is 2.29. The van der Waals surface area contributed by atoms with Gasteiger partial charge in [0.15, 0.2) is 11.6 Å². The molecular formula is C10H8FN2S. The molecule has 1 radical (unpaired) electrons. The molecule has 0 amide bonds. The lowest BCUT2D eigenvalue weighted by molar-refractivity contribution is 0.630. The summed E-state index contributed by atoms with van der Waals surface area (Å²) in [6.45, 7) is 0. The fourth-order valence-electron chi connectivity index (χ4n) is 1.23. The Morgan fingerprint density at radius 1 is 1.36 bits per heavy atom. The molecule has 1 aromatic carbocycles. The summed E-state index contributed by atoms with van der Waals surface area (Å²) in [7, 11) is 0. The smallest absolute Gasteiger partial charge is 0.165 e. The largest absolute Gasteiger partial charge is 0.381 e. The summed E-state index contributed by atoms with van der Waals surface area (Å²) in [6.07, 6.45) is 3.69. The molecule has 2 rings (SSSR count). The first-order valence-corrected chi connectivity index (χ1v) is 4.97. The van der Waals surface area contributed by atoms with Crippen LogP contribution < -0.4 is 5.73 Å². The molecule has 0 aliphatic rings. The lowest BCUT2D eigenvalue weighted by Gasteiger charge is -2.02. The molecule has 0 unspecified atom stereocenters. The number of benzene rings is 1. The Morgan fingerprint density at radius 3 is 2.86 bits per heavy atom. The van der Waals surface area contributed by atoms with E-state index in [9.17, 15) is 4.39 Å². The third-order valence-corrected chi connectivity index (χ3v) is 2.52. The molecule has 0 saturated heterocycles. The van der Waals surface area contributed by atoms with E-state index >= 15 is 0 Å². The zero-order chi connectivity index (χ0) is 10.1. The van der Waals surface area contributed by atoms with E-state index in [-0.39, 0.29) is 5.82 Å². The van der Waals surface area contributed by atoms with Crippen molar-refractivity contribution in [3.8, 4) is 0 Å². The number of thioether (sulfide) groups is 1. The minimum Gasteiger partial charge on any atom is -0.381 e. The lowest BCUT2D eigenvalue weighted by atomic mass is 10.2. The Bertz CT molecular complexity index is 485. The highest BCUT2D eigenvalue weighted by atomic mass is 32.2. The standard InChI is InChI=1S/C10H8FN2S/c1-14-7-3-2-6-4-8(11)10(12)13-9(6)5-7/h2-5H,1H2,(H2,12,13). The predicted molar refractivity (Wildman–Crippen MR) is 57.3 cm³/mol. The van der Waals surface area contributed by atoms with Crippen LogP contribution in [0.1, 0.15) is 0 Å². The van der Waals surface area contributed by atoms with Crippen LogP contribution in [0.2, 0.25) is 0 Å². The van der Waals surface area contributed by atoms with E-state index in [0.29, 0.717) is 5.52 Å². The average Bonchev–Trinajstić information content (AvgIpc) is 2.19. The number of nitrogens with zero attached hydrogens (tertiary/aromatic N) is 1. The average molecular weight is 207 g/mol. The molecule has 2 aromatic rings. The predicted octanol–water partition coefficient (Wildman–Crippen LogP) is 2.84. The Labute approximate surface area is 85.3 Å². The van der Waals surface area contributed by atoms with Gasteiger partial charge in [0, 0.05) is 16.5 Å². The highest BCUT2D eigenvalue weighted by Gasteiger charge is 2.03. The van der Waals surface area contributed by atoms with Crippen molar-refractivity contribution >= 4 is 28.5 Å². The van der Waals surface area contributed by atoms with Gasteiger partial charge in [0.25, 0.3) is 0 Å². The number of hydrogen-bond acceptors (Lipinski definition) is 3. The molecular weight excluding hydrogens is 199 g/mol. The van der Waals surface area contributed by atoms with Crippen LogP contribution in [0.3, 0.4) is 0 Å². The Morgan fingerprint density at radius 2 is 2.14 bits per heavy atom.